The van der Waals surface area contributed by atoms with Crippen LogP contribution in [0, 0.1) is 0 Å². The minimum absolute atomic E-state index is 0.309. The second-order valence-corrected chi connectivity index (χ2v) is 4.94. The van der Waals surface area contributed by atoms with E-state index < -0.39 is 9.70 Å². The Bertz CT molecular complexity index is 387. The van der Waals surface area contributed by atoms with E-state index in [1.165, 1.54) is 6.07 Å². The maximum Gasteiger partial charge on any atom is 0.276 e. The second-order valence-electron chi connectivity index (χ2n) is 2.66. The second kappa shape index (κ2) is 4.84. The van der Waals surface area contributed by atoms with Gasteiger partial charge in [0.1, 0.15) is 0 Å². The number of anilines is 1. The van der Waals surface area contributed by atoms with Crippen molar-refractivity contribution in [3.05, 3.63) is 29.8 Å². The SMILES string of the molecule is O=Cc1ccccc1NC(=O)C(Cl)(Cl)Cl. The van der Waals surface area contributed by atoms with Gasteiger partial charge in [-0.1, -0.05) is 46.9 Å². The molecule has 3 nitrogen and oxygen atoms in total. The molecule has 0 radical (unpaired) electrons. The first-order chi connectivity index (χ1) is 6.95. The Morgan fingerprint density at radius 3 is 2.40 bits per heavy atom. The molecule has 1 aromatic carbocycles. The first-order valence-electron chi connectivity index (χ1n) is 3.87. The highest BCUT2D eigenvalue weighted by molar-refractivity contribution is 6.76. The summed E-state index contributed by atoms with van der Waals surface area (Å²) in [6.07, 6.45) is 0.605. The van der Waals surface area contributed by atoms with Crippen LogP contribution in [0.2, 0.25) is 0 Å². The highest BCUT2D eigenvalue weighted by Crippen LogP contribution is 2.28. The molecule has 1 amide bonds. The fourth-order valence-corrected chi connectivity index (χ4v) is 1.05. The van der Waals surface area contributed by atoms with E-state index in [2.05, 4.69) is 5.32 Å². The van der Waals surface area contributed by atoms with Crippen LogP contribution in [0.4, 0.5) is 5.69 Å². The number of hydrogen-bond donors (Lipinski definition) is 1. The number of aldehydes is 1. The molecule has 0 bridgehead atoms. The van der Waals surface area contributed by atoms with Crippen LogP contribution in [0.5, 0.6) is 0 Å². The minimum Gasteiger partial charge on any atom is -0.322 e. The van der Waals surface area contributed by atoms with Crippen molar-refractivity contribution in [2.75, 3.05) is 5.32 Å². The van der Waals surface area contributed by atoms with E-state index >= 15 is 0 Å². The van der Waals surface area contributed by atoms with Gasteiger partial charge in [0.2, 0.25) is 0 Å². The summed E-state index contributed by atoms with van der Waals surface area (Å²) in [5, 5.41) is 2.34. The van der Waals surface area contributed by atoms with Crippen LogP contribution in [0.25, 0.3) is 0 Å². The van der Waals surface area contributed by atoms with Gasteiger partial charge in [-0.3, -0.25) is 9.59 Å². The van der Waals surface area contributed by atoms with Gasteiger partial charge in [0.25, 0.3) is 9.70 Å². The molecule has 0 heterocycles. The van der Waals surface area contributed by atoms with Crippen LogP contribution < -0.4 is 5.32 Å². The number of alkyl halides is 3. The van der Waals surface area contributed by atoms with Gasteiger partial charge in [0, 0.05) is 5.56 Å². The third-order valence-electron chi connectivity index (χ3n) is 1.59. The number of nitrogens with one attached hydrogen (secondary N) is 1. The molecule has 6 heteroatoms. The van der Waals surface area contributed by atoms with Crippen LogP contribution >= 0.6 is 34.8 Å². The molecule has 0 spiro atoms. The molecule has 0 aromatic heterocycles. The van der Waals surface area contributed by atoms with E-state index in [4.69, 9.17) is 34.8 Å². The van der Waals surface area contributed by atoms with Crippen LogP contribution in [-0.2, 0) is 4.79 Å². The molecule has 0 saturated heterocycles. The smallest absolute Gasteiger partial charge is 0.276 e. The molecular formula is C9H6Cl3NO2. The maximum atomic E-state index is 11.3. The summed E-state index contributed by atoms with van der Waals surface area (Å²) in [4.78, 5) is 21.9. The van der Waals surface area contributed by atoms with E-state index in [0.29, 0.717) is 17.5 Å². The Morgan fingerprint density at radius 1 is 1.27 bits per heavy atom. The van der Waals surface area contributed by atoms with Crippen LogP contribution in [0.3, 0.4) is 0 Å². The molecule has 0 atom stereocenters. The molecule has 0 aliphatic heterocycles. The highest BCUT2D eigenvalue weighted by atomic mass is 35.6. The van der Waals surface area contributed by atoms with Crippen molar-refractivity contribution >= 4 is 52.7 Å². The average molecular weight is 267 g/mol. The van der Waals surface area contributed by atoms with Gasteiger partial charge in [-0.25, -0.2) is 0 Å². The van der Waals surface area contributed by atoms with Crippen LogP contribution in [-0.4, -0.2) is 16.0 Å². The Kier molecular flexibility index (Phi) is 3.97. The largest absolute Gasteiger partial charge is 0.322 e. The van der Waals surface area contributed by atoms with Crippen molar-refractivity contribution in [3.8, 4) is 0 Å². The fraction of sp³-hybridized carbons (Fsp3) is 0.111. The maximum absolute atomic E-state index is 11.3. The zero-order chi connectivity index (χ0) is 11.5. The van der Waals surface area contributed by atoms with E-state index in [1.54, 1.807) is 18.2 Å². The normalized spacial score (nSPS) is 10.9. The average Bonchev–Trinajstić information content (AvgIpc) is 2.17. The predicted octanol–water partition coefficient (Wildman–Crippen LogP) is 2.81. The molecule has 1 aromatic rings. The van der Waals surface area contributed by atoms with Gasteiger partial charge in [0.05, 0.1) is 5.69 Å². The van der Waals surface area contributed by atoms with Gasteiger partial charge in [0.15, 0.2) is 6.29 Å². The summed E-state index contributed by atoms with van der Waals surface area (Å²) < 4.78 is -2.05. The monoisotopic (exact) mass is 265 g/mol. The first-order valence-corrected chi connectivity index (χ1v) is 5.01. The van der Waals surface area contributed by atoms with Crippen molar-refractivity contribution in [3.63, 3.8) is 0 Å². The zero-order valence-corrected chi connectivity index (χ0v) is 9.60. The van der Waals surface area contributed by atoms with E-state index in [1.807, 2.05) is 0 Å². The van der Waals surface area contributed by atoms with Crippen molar-refractivity contribution in [2.45, 2.75) is 3.79 Å². The van der Waals surface area contributed by atoms with Gasteiger partial charge in [-0.15, -0.1) is 0 Å². The quantitative estimate of drug-likeness (QED) is 0.661. The lowest BCUT2D eigenvalue weighted by atomic mass is 10.2. The number of benzene rings is 1. The summed E-state index contributed by atoms with van der Waals surface area (Å²) in [6.45, 7) is 0. The lowest BCUT2D eigenvalue weighted by Gasteiger charge is -2.12. The topological polar surface area (TPSA) is 46.2 Å². The predicted molar refractivity (Wildman–Crippen MR) is 60.7 cm³/mol. The van der Waals surface area contributed by atoms with Gasteiger partial charge in [-0.2, -0.15) is 0 Å². The molecule has 0 unspecified atom stereocenters. The highest BCUT2D eigenvalue weighted by Gasteiger charge is 2.30. The molecule has 0 fully saturated rings. The number of hydrogen-bond acceptors (Lipinski definition) is 2. The molecule has 80 valence electrons. The molecular weight excluding hydrogens is 260 g/mol. The third kappa shape index (κ3) is 3.38. The summed E-state index contributed by atoms with van der Waals surface area (Å²) in [6, 6.07) is 6.40. The fourth-order valence-electron chi connectivity index (χ4n) is 0.907. The Morgan fingerprint density at radius 2 is 1.87 bits per heavy atom. The molecule has 1 N–H and O–H groups in total. The lowest BCUT2D eigenvalue weighted by molar-refractivity contribution is -0.115. The Balaban J connectivity index is 2.90. The zero-order valence-electron chi connectivity index (χ0n) is 7.34. The summed E-state index contributed by atoms with van der Waals surface area (Å²) in [7, 11) is 0. The van der Waals surface area contributed by atoms with Crippen LogP contribution in [0.15, 0.2) is 24.3 Å². The summed E-state index contributed by atoms with van der Waals surface area (Å²) in [5.41, 5.74) is 0.629. The summed E-state index contributed by atoms with van der Waals surface area (Å²) >= 11 is 16.1. The van der Waals surface area contributed by atoms with Crippen molar-refractivity contribution in [1.82, 2.24) is 0 Å². The van der Waals surface area contributed by atoms with Crippen LogP contribution in [0.1, 0.15) is 10.4 Å². The third-order valence-corrected chi connectivity index (χ3v) is 2.11. The van der Waals surface area contributed by atoms with E-state index in [0.717, 1.165) is 0 Å². The van der Waals surface area contributed by atoms with Crippen molar-refractivity contribution in [2.24, 2.45) is 0 Å². The van der Waals surface area contributed by atoms with Crippen molar-refractivity contribution < 1.29 is 9.59 Å². The summed E-state index contributed by atoms with van der Waals surface area (Å²) in [5.74, 6) is -0.804. The number of carbonyl (C=O) groups excluding carboxylic acids is 2. The Labute approximate surface area is 101 Å². The van der Waals surface area contributed by atoms with Gasteiger partial charge in [-0.05, 0) is 12.1 Å². The number of carbonyl (C=O) groups is 2. The van der Waals surface area contributed by atoms with Crippen molar-refractivity contribution in [1.29, 1.82) is 0 Å². The molecule has 0 aliphatic carbocycles. The Hall–Kier alpha value is -0.770. The van der Waals surface area contributed by atoms with E-state index in [9.17, 15) is 9.59 Å². The molecule has 0 aliphatic rings. The number of amides is 1. The number of rotatable bonds is 2. The van der Waals surface area contributed by atoms with E-state index in [-0.39, 0.29) is 0 Å². The molecule has 15 heavy (non-hydrogen) atoms. The standard InChI is InChI=1S/C9H6Cl3NO2/c10-9(11,12)8(15)13-7-4-2-1-3-6(7)5-14/h1-5H,(H,13,15). The molecule has 1 rings (SSSR count). The minimum atomic E-state index is -2.05. The molecule has 0 saturated carbocycles. The van der Waals surface area contributed by atoms with Gasteiger partial charge >= 0.3 is 0 Å². The van der Waals surface area contributed by atoms with Gasteiger partial charge < -0.3 is 5.32 Å². The number of halogens is 3. The lowest BCUT2D eigenvalue weighted by Crippen LogP contribution is -2.27. The first kappa shape index (κ1) is 12.3. The number of para-hydroxylation sites is 1.